The first kappa shape index (κ1) is 31.0. The van der Waals surface area contributed by atoms with Gasteiger partial charge in [-0.15, -0.1) is 0 Å². The standard InChI is InChI=1S/C32H42O9S2/c1-29(2)19-15-25(29)31(5,33)27(17-19)40-42(35,36)23-11-7-21(8-12-23)39-22-9-13-24(14-10-22)43(37,38)41-28-18-20-16-26(30(20,3)4)32(28,6)34/h7-14,19-20,25-28,33-34H,15-18H2,1-6H3. The van der Waals surface area contributed by atoms with Crippen molar-refractivity contribution in [1.82, 2.24) is 0 Å². The lowest BCUT2D eigenvalue weighted by molar-refractivity contribution is -0.237. The van der Waals surface area contributed by atoms with Gasteiger partial charge in [-0.3, -0.25) is 8.37 Å². The van der Waals surface area contributed by atoms with Gasteiger partial charge in [0.1, 0.15) is 23.7 Å². The van der Waals surface area contributed by atoms with E-state index in [1.807, 2.05) is 0 Å². The first-order valence-corrected chi connectivity index (χ1v) is 17.8. The third-order valence-electron chi connectivity index (χ3n) is 11.6. The fourth-order valence-electron chi connectivity index (χ4n) is 8.43. The molecule has 9 nitrogen and oxygen atoms in total. The Morgan fingerprint density at radius 1 is 0.581 bits per heavy atom. The second-order valence-electron chi connectivity index (χ2n) is 14.7. The van der Waals surface area contributed by atoms with E-state index in [4.69, 9.17) is 13.1 Å². The lowest BCUT2D eigenvalue weighted by Gasteiger charge is -2.64. The zero-order chi connectivity index (χ0) is 31.4. The third-order valence-corrected chi connectivity index (χ3v) is 14.3. The lowest BCUT2D eigenvalue weighted by Crippen LogP contribution is -2.67. The van der Waals surface area contributed by atoms with Gasteiger partial charge in [0, 0.05) is 0 Å². The largest absolute Gasteiger partial charge is 0.457 e. The number of aliphatic hydroxyl groups is 2. The fourth-order valence-corrected chi connectivity index (χ4v) is 10.8. The SMILES string of the molecule is CC1(C)C2CC(OS(=O)(=O)c3ccc(Oc4ccc(S(=O)(=O)OC5CC6CC(C6(C)C)C5(C)O)cc4)cc3)C(C)(O)C1C2. The summed E-state index contributed by atoms with van der Waals surface area (Å²) in [5.41, 5.74) is -2.58. The Kier molecular flexibility index (Phi) is 7.02. The van der Waals surface area contributed by atoms with Crippen molar-refractivity contribution in [2.24, 2.45) is 34.5 Å². The van der Waals surface area contributed by atoms with Crippen LogP contribution < -0.4 is 4.74 Å². The Bertz CT molecular complexity index is 1490. The molecule has 236 valence electrons. The molecule has 6 fully saturated rings. The van der Waals surface area contributed by atoms with Crippen molar-refractivity contribution in [3.05, 3.63) is 48.5 Å². The molecule has 6 aliphatic carbocycles. The molecule has 0 radical (unpaired) electrons. The molecule has 2 aromatic carbocycles. The minimum absolute atomic E-state index is 0.0252. The number of hydrogen-bond donors (Lipinski definition) is 2. The van der Waals surface area contributed by atoms with Crippen LogP contribution in [-0.2, 0) is 28.6 Å². The second-order valence-corrected chi connectivity index (χ2v) is 17.8. The number of benzene rings is 2. The van der Waals surface area contributed by atoms with Crippen LogP contribution in [0.1, 0.15) is 67.2 Å². The number of ether oxygens (including phenoxy) is 1. The van der Waals surface area contributed by atoms with Crippen LogP contribution in [0.5, 0.6) is 11.5 Å². The summed E-state index contributed by atoms with van der Waals surface area (Å²) in [6, 6.07) is 11.5. The molecule has 11 heteroatoms. The highest BCUT2D eigenvalue weighted by Crippen LogP contribution is 2.64. The van der Waals surface area contributed by atoms with Crippen LogP contribution in [-0.4, -0.2) is 50.5 Å². The van der Waals surface area contributed by atoms with Crippen LogP contribution >= 0.6 is 0 Å². The Hall–Kier alpha value is -2.02. The van der Waals surface area contributed by atoms with E-state index in [1.165, 1.54) is 48.5 Å². The quantitative estimate of drug-likeness (QED) is 0.373. The van der Waals surface area contributed by atoms with E-state index in [2.05, 4.69) is 27.7 Å². The maximum atomic E-state index is 13.0. The Balaban J connectivity index is 1.08. The summed E-state index contributed by atoms with van der Waals surface area (Å²) in [6.45, 7) is 11.8. The number of rotatable bonds is 8. The average Bonchev–Trinajstić information content (AvgIpc) is 2.90. The van der Waals surface area contributed by atoms with Crippen LogP contribution in [0.15, 0.2) is 58.3 Å². The molecule has 0 saturated heterocycles. The third kappa shape index (κ3) is 4.95. The highest BCUT2D eigenvalue weighted by molar-refractivity contribution is 7.87. The Morgan fingerprint density at radius 3 is 1.19 bits per heavy atom. The van der Waals surface area contributed by atoms with Gasteiger partial charge in [0.25, 0.3) is 20.2 Å². The molecule has 0 spiro atoms. The summed E-state index contributed by atoms with van der Waals surface area (Å²) >= 11 is 0. The lowest BCUT2D eigenvalue weighted by atomic mass is 9.43. The molecule has 0 aliphatic heterocycles. The molecule has 8 rings (SSSR count). The van der Waals surface area contributed by atoms with Crippen molar-refractivity contribution in [3.63, 3.8) is 0 Å². The molecule has 0 amide bonds. The van der Waals surface area contributed by atoms with Crippen molar-refractivity contribution in [3.8, 4) is 11.5 Å². The van der Waals surface area contributed by atoms with E-state index in [9.17, 15) is 27.0 Å². The van der Waals surface area contributed by atoms with Crippen LogP contribution in [0.25, 0.3) is 0 Å². The van der Waals surface area contributed by atoms with E-state index >= 15 is 0 Å². The summed E-state index contributed by atoms with van der Waals surface area (Å²) < 4.78 is 69.1. The van der Waals surface area contributed by atoms with Gasteiger partial charge in [0.15, 0.2) is 0 Å². The van der Waals surface area contributed by atoms with Gasteiger partial charge < -0.3 is 14.9 Å². The van der Waals surface area contributed by atoms with Gasteiger partial charge in [0.05, 0.1) is 21.0 Å². The maximum Gasteiger partial charge on any atom is 0.297 e. The second kappa shape index (κ2) is 9.74. The summed E-state index contributed by atoms with van der Waals surface area (Å²) in [4.78, 5) is -0.0975. The van der Waals surface area contributed by atoms with E-state index in [-0.39, 0.29) is 32.5 Å². The molecule has 6 saturated carbocycles. The monoisotopic (exact) mass is 634 g/mol. The summed E-state index contributed by atoms with van der Waals surface area (Å²) in [5, 5.41) is 22.3. The van der Waals surface area contributed by atoms with Crippen molar-refractivity contribution in [2.75, 3.05) is 0 Å². The molecule has 6 aliphatic rings. The van der Waals surface area contributed by atoms with Crippen molar-refractivity contribution >= 4 is 20.2 Å². The molecular weight excluding hydrogens is 592 g/mol. The first-order valence-electron chi connectivity index (χ1n) is 15.0. The molecule has 2 aromatic rings. The van der Waals surface area contributed by atoms with Gasteiger partial charge in [-0.25, -0.2) is 0 Å². The molecule has 8 atom stereocenters. The van der Waals surface area contributed by atoms with E-state index in [1.54, 1.807) is 13.8 Å². The molecule has 43 heavy (non-hydrogen) atoms. The van der Waals surface area contributed by atoms with E-state index in [0.29, 0.717) is 36.2 Å². The van der Waals surface area contributed by atoms with Crippen LogP contribution in [0.2, 0.25) is 0 Å². The predicted molar refractivity (Wildman–Crippen MR) is 158 cm³/mol. The van der Waals surface area contributed by atoms with Crippen molar-refractivity contribution in [1.29, 1.82) is 0 Å². The molecule has 0 heterocycles. The minimum Gasteiger partial charge on any atom is -0.457 e. The first-order chi connectivity index (χ1) is 19.8. The predicted octanol–water partition coefficient (Wildman–Crippen LogP) is 5.26. The zero-order valence-electron chi connectivity index (χ0n) is 25.5. The zero-order valence-corrected chi connectivity index (χ0v) is 27.1. The van der Waals surface area contributed by atoms with Gasteiger partial charge in [-0.1, -0.05) is 27.7 Å². The summed E-state index contributed by atoms with van der Waals surface area (Å²) in [5.74, 6) is 1.26. The normalized spacial score (nSPS) is 37.6. The van der Waals surface area contributed by atoms with Crippen LogP contribution in [0.4, 0.5) is 0 Å². The Morgan fingerprint density at radius 2 is 0.907 bits per heavy atom. The average molecular weight is 635 g/mol. The fraction of sp³-hybridized carbons (Fsp3) is 0.625. The highest BCUT2D eigenvalue weighted by Gasteiger charge is 2.65. The van der Waals surface area contributed by atoms with E-state index in [0.717, 1.165) is 12.8 Å². The number of fused-ring (bicyclic) bond motifs is 4. The highest BCUT2D eigenvalue weighted by atomic mass is 32.2. The van der Waals surface area contributed by atoms with Gasteiger partial charge in [-0.2, -0.15) is 16.8 Å². The van der Waals surface area contributed by atoms with Crippen molar-refractivity contribution in [2.45, 2.75) is 100 Å². The van der Waals surface area contributed by atoms with Crippen molar-refractivity contribution < 1.29 is 40.2 Å². The molecule has 4 bridgehead atoms. The smallest absolute Gasteiger partial charge is 0.297 e. The summed E-state index contributed by atoms with van der Waals surface area (Å²) in [7, 11) is -8.25. The maximum absolute atomic E-state index is 13.0. The molecule has 2 N–H and O–H groups in total. The Labute approximate surface area is 254 Å². The van der Waals surface area contributed by atoms with Crippen LogP contribution in [0, 0.1) is 34.5 Å². The molecular formula is C32H42O9S2. The minimum atomic E-state index is -4.12. The molecule has 0 aromatic heterocycles. The number of hydrogen-bond acceptors (Lipinski definition) is 9. The van der Waals surface area contributed by atoms with Crippen LogP contribution in [0.3, 0.4) is 0 Å². The topological polar surface area (TPSA) is 136 Å². The van der Waals surface area contributed by atoms with Gasteiger partial charge in [-0.05, 0) is 123 Å². The van der Waals surface area contributed by atoms with Gasteiger partial charge in [0.2, 0.25) is 0 Å². The molecule has 8 unspecified atom stereocenters. The van der Waals surface area contributed by atoms with Gasteiger partial charge >= 0.3 is 0 Å². The van der Waals surface area contributed by atoms with E-state index < -0.39 is 43.6 Å². The summed E-state index contributed by atoms with van der Waals surface area (Å²) in [6.07, 6.45) is 1.07.